The van der Waals surface area contributed by atoms with Crippen LogP contribution in [-0.2, 0) is 0 Å². The van der Waals surface area contributed by atoms with Gasteiger partial charge in [-0.15, -0.1) is 0 Å². The molecule has 3 rings (SSSR count). The third-order valence-corrected chi connectivity index (χ3v) is 2.87. The number of hydrogen-bond acceptors (Lipinski definition) is 2. The van der Waals surface area contributed by atoms with E-state index in [1.165, 1.54) is 0 Å². The predicted octanol–water partition coefficient (Wildman–Crippen LogP) is 3.61. The van der Waals surface area contributed by atoms with Crippen molar-refractivity contribution in [2.75, 3.05) is 0 Å². The summed E-state index contributed by atoms with van der Waals surface area (Å²) in [4.78, 5) is 4.53. The van der Waals surface area contributed by atoms with Gasteiger partial charge in [0.2, 0.25) is 0 Å². The minimum atomic E-state index is 0.579. The minimum absolute atomic E-state index is 0.579. The number of hydrogen-bond donors (Lipinski definition) is 0. The second-order valence-electron chi connectivity index (χ2n) is 4.28. The molecule has 94 valence electrons. The molecule has 0 amide bonds. The van der Waals surface area contributed by atoms with Crippen molar-refractivity contribution in [3.05, 3.63) is 78.3 Å². The molecule has 1 heterocycles. The van der Waals surface area contributed by atoms with Crippen LogP contribution in [0.3, 0.4) is 0 Å². The van der Waals surface area contributed by atoms with E-state index in [9.17, 15) is 0 Å². The largest absolute Gasteiger partial charge is 0.431 e. The Morgan fingerprint density at radius 1 is 0.895 bits per heavy atom. The molecule has 1 aromatic heterocycles. The first-order valence-corrected chi connectivity index (χ1v) is 6.17. The van der Waals surface area contributed by atoms with Gasteiger partial charge in [-0.1, -0.05) is 36.4 Å². The van der Waals surface area contributed by atoms with Gasteiger partial charge in [-0.2, -0.15) is 4.99 Å². The summed E-state index contributed by atoms with van der Waals surface area (Å²) >= 11 is 0. The summed E-state index contributed by atoms with van der Waals surface area (Å²) in [5.41, 5.74) is 3.51. The Bertz CT molecular complexity index is 724. The van der Waals surface area contributed by atoms with E-state index in [1.54, 1.807) is 6.26 Å². The van der Waals surface area contributed by atoms with Crippen molar-refractivity contribution in [1.29, 1.82) is 0 Å². The zero-order valence-electron chi connectivity index (χ0n) is 10.7. The fraction of sp³-hybridized carbons (Fsp3) is 0.0625. The molecule has 0 bridgehead atoms. The van der Waals surface area contributed by atoms with Gasteiger partial charge in [0.25, 0.3) is 0 Å². The summed E-state index contributed by atoms with van der Waals surface area (Å²) in [6.45, 7) is 2.00. The van der Waals surface area contributed by atoms with Crippen molar-refractivity contribution in [1.82, 2.24) is 4.57 Å². The predicted molar refractivity (Wildman–Crippen MR) is 74.4 cm³/mol. The maximum absolute atomic E-state index is 5.55. The highest BCUT2D eigenvalue weighted by molar-refractivity contribution is 5.37. The van der Waals surface area contributed by atoms with E-state index in [0.717, 1.165) is 17.1 Å². The van der Waals surface area contributed by atoms with Gasteiger partial charge in [-0.05, 0) is 31.2 Å². The Morgan fingerprint density at radius 3 is 2.21 bits per heavy atom. The van der Waals surface area contributed by atoms with Gasteiger partial charge in [-0.25, -0.2) is 0 Å². The molecule has 0 aliphatic heterocycles. The first-order valence-electron chi connectivity index (χ1n) is 6.17. The van der Waals surface area contributed by atoms with Crippen molar-refractivity contribution < 1.29 is 4.42 Å². The summed E-state index contributed by atoms with van der Waals surface area (Å²) in [5, 5.41) is 0. The van der Waals surface area contributed by atoms with E-state index >= 15 is 0 Å². The lowest BCUT2D eigenvalue weighted by Gasteiger charge is -2.03. The molecule has 0 saturated carbocycles. The zero-order chi connectivity index (χ0) is 13.1. The number of nitrogens with zero attached hydrogens (tertiary/aromatic N) is 2. The second-order valence-corrected chi connectivity index (χ2v) is 4.28. The lowest BCUT2D eigenvalue weighted by atomic mass is 10.3. The number of aromatic nitrogens is 1. The molecule has 0 N–H and O–H groups in total. The summed E-state index contributed by atoms with van der Waals surface area (Å²) < 4.78 is 7.54. The Morgan fingerprint density at radius 2 is 1.53 bits per heavy atom. The van der Waals surface area contributed by atoms with Crippen LogP contribution < -0.4 is 5.68 Å². The topological polar surface area (TPSA) is 30.4 Å². The molecular formula is C16H14N2O. The maximum atomic E-state index is 5.55. The Hall–Kier alpha value is -2.55. The Kier molecular flexibility index (Phi) is 3.02. The molecule has 0 fully saturated rings. The fourth-order valence-corrected chi connectivity index (χ4v) is 1.97. The maximum Gasteiger partial charge on any atom is 0.306 e. The smallest absolute Gasteiger partial charge is 0.306 e. The highest BCUT2D eigenvalue weighted by Crippen LogP contribution is 2.11. The average Bonchev–Trinajstić information content (AvgIpc) is 2.82. The van der Waals surface area contributed by atoms with Crippen LogP contribution in [0, 0.1) is 6.92 Å². The van der Waals surface area contributed by atoms with Crippen LogP contribution >= 0.6 is 0 Å². The van der Waals surface area contributed by atoms with Gasteiger partial charge in [0.15, 0.2) is 0 Å². The quantitative estimate of drug-likeness (QED) is 0.683. The lowest BCUT2D eigenvalue weighted by molar-refractivity contribution is 0.488. The Labute approximate surface area is 111 Å². The minimum Gasteiger partial charge on any atom is -0.431 e. The van der Waals surface area contributed by atoms with Crippen molar-refractivity contribution in [3.63, 3.8) is 0 Å². The van der Waals surface area contributed by atoms with Gasteiger partial charge < -0.3 is 4.42 Å². The summed E-state index contributed by atoms with van der Waals surface area (Å²) in [7, 11) is 0. The third kappa shape index (κ3) is 2.36. The van der Waals surface area contributed by atoms with E-state index in [1.807, 2.05) is 72.2 Å². The van der Waals surface area contributed by atoms with E-state index in [0.29, 0.717) is 5.68 Å². The highest BCUT2D eigenvalue weighted by Gasteiger charge is 2.04. The van der Waals surface area contributed by atoms with E-state index in [2.05, 4.69) is 4.99 Å². The van der Waals surface area contributed by atoms with Crippen LogP contribution in [0.25, 0.3) is 5.69 Å². The lowest BCUT2D eigenvalue weighted by Crippen LogP contribution is -2.14. The molecule has 0 radical (unpaired) electrons. The Balaban J connectivity index is 2.17. The van der Waals surface area contributed by atoms with Gasteiger partial charge in [-0.3, -0.25) is 4.57 Å². The van der Waals surface area contributed by atoms with Crippen LogP contribution in [0.15, 0.2) is 76.3 Å². The molecule has 0 aliphatic carbocycles. The molecular weight excluding hydrogens is 236 g/mol. The molecule has 19 heavy (non-hydrogen) atoms. The van der Waals surface area contributed by atoms with Crippen molar-refractivity contribution in [2.24, 2.45) is 4.99 Å². The zero-order valence-corrected chi connectivity index (χ0v) is 10.7. The van der Waals surface area contributed by atoms with E-state index in [4.69, 9.17) is 4.42 Å². The molecule has 3 heteroatoms. The van der Waals surface area contributed by atoms with E-state index in [-0.39, 0.29) is 0 Å². The average molecular weight is 250 g/mol. The number of aryl methyl sites for hydroxylation is 1. The highest BCUT2D eigenvalue weighted by atomic mass is 16.3. The molecule has 0 saturated heterocycles. The molecule has 2 aromatic carbocycles. The van der Waals surface area contributed by atoms with Gasteiger partial charge in [0, 0.05) is 0 Å². The summed E-state index contributed by atoms with van der Waals surface area (Å²) in [6, 6.07) is 19.9. The van der Waals surface area contributed by atoms with Crippen molar-refractivity contribution in [2.45, 2.75) is 6.92 Å². The number of para-hydroxylation sites is 2. The van der Waals surface area contributed by atoms with Crippen LogP contribution in [-0.4, -0.2) is 4.57 Å². The second kappa shape index (κ2) is 4.98. The molecule has 0 unspecified atom stereocenters. The standard InChI is InChI=1S/C16H14N2O/c1-13-12-19-16(17-14-8-4-2-5-9-14)18(13)15-10-6-3-7-11-15/h2-12H,1H3. The number of benzene rings is 2. The van der Waals surface area contributed by atoms with E-state index < -0.39 is 0 Å². The van der Waals surface area contributed by atoms with Crippen LogP contribution in [0.2, 0.25) is 0 Å². The normalized spacial score (nSPS) is 11.7. The van der Waals surface area contributed by atoms with Crippen molar-refractivity contribution in [3.8, 4) is 5.69 Å². The number of rotatable bonds is 2. The number of oxazole rings is 1. The molecule has 0 aliphatic rings. The first kappa shape index (κ1) is 11.5. The van der Waals surface area contributed by atoms with Crippen LogP contribution in [0.1, 0.15) is 5.69 Å². The monoisotopic (exact) mass is 250 g/mol. The molecule has 0 spiro atoms. The van der Waals surface area contributed by atoms with Gasteiger partial charge in [0.05, 0.1) is 17.1 Å². The van der Waals surface area contributed by atoms with Gasteiger partial charge in [0.1, 0.15) is 6.26 Å². The van der Waals surface area contributed by atoms with Gasteiger partial charge >= 0.3 is 5.68 Å². The third-order valence-electron chi connectivity index (χ3n) is 2.87. The molecule has 0 atom stereocenters. The SMILES string of the molecule is Cc1coc(=Nc2ccccc2)n1-c1ccccc1. The first-order chi connectivity index (χ1) is 9.34. The molecule has 3 aromatic rings. The van der Waals surface area contributed by atoms with Crippen LogP contribution in [0.5, 0.6) is 0 Å². The van der Waals surface area contributed by atoms with Crippen LogP contribution in [0.4, 0.5) is 5.69 Å². The molecule has 3 nitrogen and oxygen atoms in total. The van der Waals surface area contributed by atoms with Crippen molar-refractivity contribution >= 4 is 5.69 Å². The summed E-state index contributed by atoms with van der Waals surface area (Å²) in [5.74, 6) is 0. The fourth-order valence-electron chi connectivity index (χ4n) is 1.97. The summed E-state index contributed by atoms with van der Waals surface area (Å²) in [6.07, 6.45) is 1.72.